The number of benzene rings is 3. The quantitative estimate of drug-likeness (QED) is 0.625. The molecule has 1 N–H and O–H groups in total. The average Bonchev–Trinajstić information content (AvgIpc) is 2.68. The second kappa shape index (κ2) is 8.23. The molecule has 29 heavy (non-hydrogen) atoms. The molecule has 0 radical (unpaired) electrons. The van der Waals surface area contributed by atoms with E-state index in [2.05, 4.69) is 5.32 Å². The summed E-state index contributed by atoms with van der Waals surface area (Å²) in [6, 6.07) is 16.2. The number of aryl methyl sites for hydroxylation is 1. The maximum absolute atomic E-state index is 13.1. The van der Waals surface area contributed by atoms with Crippen LogP contribution in [0.2, 0.25) is 5.02 Å². The lowest BCUT2D eigenvalue weighted by molar-refractivity contribution is 0.102. The minimum Gasteiger partial charge on any atom is -0.322 e. The first kappa shape index (κ1) is 20.8. The van der Waals surface area contributed by atoms with E-state index in [-0.39, 0.29) is 21.2 Å². The summed E-state index contributed by atoms with van der Waals surface area (Å²) in [5.74, 6) is -0.997. The van der Waals surface area contributed by atoms with Crippen molar-refractivity contribution in [2.75, 3.05) is 16.7 Å². The minimum absolute atomic E-state index is 0.0294. The molecule has 3 rings (SSSR count). The van der Waals surface area contributed by atoms with Gasteiger partial charge in [0.2, 0.25) is 0 Å². The monoisotopic (exact) mass is 432 g/mol. The van der Waals surface area contributed by atoms with Crippen LogP contribution >= 0.6 is 11.6 Å². The van der Waals surface area contributed by atoms with Gasteiger partial charge in [-0.3, -0.25) is 9.10 Å². The van der Waals surface area contributed by atoms with Gasteiger partial charge >= 0.3 is 0 Å². The topological polar surface area (TPSA) is 66.5 Å². The summed E-state index contributed by atoms with van der Waals surface area (Å²) in [6.45, 7) is 1.89. The van der Waals surface area contributed by atoms with E-state index in [9.17, 15) is 17.6 Å². The Morgan fingerprint density at radius 2 is 1.72 bits per heavy atom. The minimum atomic E-state index is -3.98. The lowest BCUT2D eigenvalue weighted by Crippen LogP contribution is -2.27. The summed E-state index contributed by atoms with van der Waals surface area (Å²) in [5, 5.41) is 2.84. The summed E-state index contributed by atoms with van der Waals surface area (Å²) in [6.07, 6.45) is 0. The zero-order chi connectivity index (χ0) is 21.2. The van der Waals surface area contributed by atoms with Gasteiger partial charge in [0, 0.05) is 12.7 Å². The number of anilines is 2. The molecule has 0 heterocycles. The first-order valence-corrected chi connectivity index (χ1v) is 10.4. The normalized spacial score (nSPS) is 11.2. The number of halogens is 2. The van der Waals surface area contributed by atoms with Crippen LogP contribution in [-0.4, -0.2) is 21.4 Å². The third-order valence-corrected chi connectivity index (χ3v) is 6.42. The molecule has 0 aliphatic rings. The fraction of sp³-hybridized carbons (Fsp3) is 0.0952. The molecule has 0 spiro atoms. The van der Waals surface area contributed by atoms with E-state index in [0.29, 0.717) is 5.69 Å². The van der Waals surface area contributed by atoms with Crippen LogP contribution in [-0.2, 0) is 10.0 Å². The lowest BCUT2D eigenvalue weighted by Gasteiger charge is -2.20. The highest BCUT2D eigenvalue weighted by Crippen LogP contribution is 2.26. The second-order valence-electron chi connectivity index (χ2n) is 6.41. The number of carbonyl (C=O) groups is 1. The van der Waals surface area contributed by atoms with Crippen LogP contribution in [0, 0.1) is 12.7 Å². The van der Waals surface area contributed by atoms with Gasteiger partial charge in [-0.1, -0.05) is 23.7 Å². The van der Waals surface area contributed by atoms with Crippen LogP contribution in [0.15, 0.2) is 71.6 Å². The van der Waals surface area contributed by atoms with E-state index in [1.54, 1.807) is 18.2 Å². The summed E-state index contributed by atoms with van der Waals surface area (Å²) in [7, 11) is -2.63. The summed E-state index contributed by atoms with van der Waals surface area (Å²) >= 11 is 6.14. The molecule has 0 aliphatic heterocycles. The number of rotatable bonds is 5. The van der Waals surface area contributed by atoms with Gasteiger partial charge < -0.3 is 5.32 Å². The van der Waals surface area contributed by atoms with Crippen LogP contribution in [0.4, 0.5) is 15.8 Å². The van der Waals surface area contributed by atoms with Gasteiger partial charge in [-0.05, 0) is 67.1 Å². The Hall–Kier alpha value is -2.90. The number of sulfonamides is 1. The molecule has 5 nitrogen and oxygen atoms in total. The van der Waals surface area contributed by atoms with Crippen LogP contribution in [0.5, 0.6) is 0 Å². The predicted molar refractivity (Wildman–Crippen MR) is 113 cm³/mol. The zero-order valence-corrected chi connectivity index (χ0v) is 17.3. The molecular formula is C21H18ClFN2O3S. The number of nitrogens with zero attached hydrogens (tertiary/aromatic N) is 1. The van der Waals surface area contributed by atoms with E-state index in [0.717, 1.165) is 9.87 Å². The van der Waals surface area contributed by atoms with Crippen molar-refractivity contribution in [1.29, 1.82) is 0 Å². The van der Waals surface area contributed by atoms with Gasteiger partial charge in [-0.25, -0.2) is 12.8 Å². The first-order valence-electron chi connectivity index (χ1n) is 8.60. The molecule has 0 bridgehead atoms. The van der Waals surface area contributed by atoms with Gasteiger partial charge in [0.05, 0.1) is 21.2 Å². The van der Waals surface area contributed by atoms with Crippen molar-refractivity contribution in [1.82, 2.24) is 0 Å². The Balaban J connectivity index is 1.93. The highest BCUT2D eigenvalue weighted by Gasteiger charge is 2.24. The van der Waals surface area contributed by atoms with Gasteiger partial charge in [-0.2, -0.15) is 0 Å². The maximum Gasteiger partial charge on any atom is 0.264 e. The largest absolute Gasteiger partial charge is 0.322 e. The van der Waals surface area contributed by atoms with E-state index in [4.69, 9.17) is 11.6 Å². The molecule has 0 saturated carbocycles. The summed E-state index contributed by atoms with van der Waals surface area (Å²) < 4.78 is 40.1. The van der Waals surface area contributed by atoms with Gasteiger partial charge in [0.25, 0.3) is 15.9 Å². The first-order chi connectivity index (χ1) is 13.7. The highest BCUT2D eigenvalue weighted by molar-refractivity contribution is 7.92. The van der Waals surface area contributed by atoms with Gasteiger partial charge in [0.1, 0.15) is 5.82 Å². The van der Waals surface area contributed by atoms with Crippen LogP contribution in [0.25, 0.3) is 0 Å². The van der Waals surface area contributed by atoms with E-state index in [1.165, 1.54) is 49.5 Å². The number of hydrogen-bond donors (Lipinski definition) is 1. The molecule has 0 fully saturated rings. The Bertz CT molecular complexity index is 1160. The van der Waals surface area contributed by atoms with E-state index < -0.39 is 21.7 Å². The Morgan fingerprint density at radius 1 is 1.03 bits per heavy atom. The molecule has 0 atom stereocenters. The predicted octanol–water partition coefficient (Wildman–Crippen LogP) is 4.86. The lowest BCUT2D eigenvalue weighted by atomic mass is 10.2. The average molecular weight is 433 g/mol. The Labute approximate surface area is 173 Å². The van der Waals surface area contributed by atoms with Crippen molar-refractivity contribution in [3.8, 4) is 0 Å². The zero-order valence-electron chi connectivity index (χ0n) is 15.7. The third kappa shape index (κ3) is 4.58. The summed E-state index contributed by atoms with van der Waals surface area (Å²) in [4.78, 5) is 12.5. The third-order valence-electron chi connectivity index (χ3n) is 4.31. The Kier molecular flexibility index (Phi) is 5.91. The maximum atomic E-state index is 13.1. The van der Waals surface area contributed by atoms with Crippen LogP contribution < -0.4 is 9.62 Å². The van der Waals surface area contributed by atoms with Crippen molar-refractivity contribution in [3.05, 3.63) is 88.7 Å². The van der Waals surface area contributed by atoms with Crippen molar-refractivity contribution in [3.63, 3.8) is 0 Å². The molecule has 8 heteroatoms. The Morgan fingerprint density at radius 3 is 2.38 bits per heavy atom. The molecular weight excluding hydrogens is 415 g/mol. The number of amides is 1. The fourth-order valence-corrected chi connectivity index (χ4v) is 4.13. The van der Waals surface area contributed by atoms with Crippen LogP contribution in [0.3, 0.4) is 0 Å². The molecule has 1 amide bonds. The van der Waals surface area contributed by atoms with Crippen molar-refractivity contribution >= 4 is 38.9 Å². The molecule has 3 aromatic rings. The number of hydrogen-bond acceptors (Lipinski definition) is 3. The molecule has 0 aliphatic carbocycles. The van der Waals surface area contributed by atoms with E-state index in [1.807, 2.05) is 13.0 Å². The molecule has 150 valence electrons. The highest BCUT2D eigenvalue weighted by atomic mass is 35.5. The number of carbonyl (C=O) groups excluding carboxylic acids is 1. The molecule has 3 aromatic carbocycles. The van der Waals surface area contributed by atoms with E-state index >= 15 is 0 Å². The molecule has 0 unspecified atom stereocenters. The molecule has 0 aromatic heterocycles. The van der Waals surface area contributed by atoms with Gasteiger partial charge in [0.15, 0.2) is 0 Å². The van der Waals surface area contributed by atoms with Crippen LogP contribution in [0.1, 0.15) is 15.9 Å². The van der Waals surface area contributed by atoms with Crippen molar-refractivity contribution in [2.45, 2.75) is 11.8 Å². The fourth-order valence-electron chi connectivity index (χ4n) is 2.71. The smallest absolute Gasteiger partial charge is 0.264 e. The van der Waals surface area contributed by atoms with Crippen molar-refractivity contribution < 1.29 is 17.6 Å². The van der Waals surface area contributed by atoms with Crippen molar-refractivity contribution in [2.24, 2.45) is 0 Å². The standard InChI is InChI=1S/C21H18ClFN2O3S/c1-14-4-3-5-16(12-14)24-21(26)19-13-18(10-11-20(19)22)29(27,28)25(2)17-8-6-15(23)7-9-17/h3-13H,1-2H3,(H,24,26). The number of nitrogens with one attached hydrogen (secondary N) is 1. The van der Waals surface area contributed by atoms with Gasteiger partial charge in [-0.15, -0.1) is 0 Å². The SMILES string of the molecule is Cc1cccc(NC(=O)c2cc(S(=O)(=O)N(C)c3ccc(F)cc3)ccc2Cl)c1. The second-order valence-corrected chi connectivity index (χ2v) is 8.79. The molecule has 0 saturated heterocycles. The summed E-state index contributed by atoms with van der Waals surface area (Å²) in [5.41, 5.74) is 1.85.